The van der Waals surface area contributed by atoms with E-state index < -0.39 is 41.7 Å². The number of ether oxygens (including phenoxy) is 1. The topological polar surface area (TPSA) is 92.8 Å². The van der Waals surface area contributed by atoms with Crippen molar-refractivity contribution < 1.29 is 37.1 Å². The molecule has 2 rings (SSSR count). The van der Waals surface area contributed by atoms with Gasteiger partial charge in [0, 0.05) is 5.75 Å². The molecule has 0 fully saturated rings. The molecule has 0 aliphatic carbocycles. The minimum Gasteiger partial charge on any atom is -0.467 e. The first-order chi connectivity index (χ1) is 11.7. The van der Waals surface area contributed by atoms with Gasteiger partial charge in [-0.05, 0) is 24.1 Å². The molecule has 0 saturated heterocycles. The van der Waals surface area contributed by atoms with Gasteiger partial charge in [-0.15, -0.1) is 0 Å². The molecule has 11 heteroatoms. The van der Waals surface area contributed by atoms with Gasteiger partial charge in [-0.25, -0.2) is 9.10 Å². The number of methoxy groups -OCH3 is 1. The monoisotopic (exact) mass is 376 g/mol. The number of alkyl halides is 3. The fourth-order valence-corrected chi connectivity index (χ4v) is 2.93. The van der Waals surface area contributed by atoms with Crippen molar-refractivity contribution >= 4 is 35.6 Å². The largest absolute Gasteiger partial charge is 0.471 e. The van der Waals surface area contributed by atoms with E-state index in [1.165, 1.54) is 17.4 Å². The summed E-state index contributed by atoms with van der Waals surface area (Å²) in [5.74, 6) is -5.28. The van der Waals surface area contributed by atoms with Crippen molar-refractivity contribution in [1.82, 2.24) is 9.62 Å². The molecule has 1 aromatic carbocycles. The number of nitrogens with zero attached hydrogens (tertiary/aromatic N) is 1. The first-order valence-corrected chi connectivity index (χ1v) is 7.67. The minimum absolute atomic E-state index is 0.147. The molecule has 1 N–H and O–H groups in total. The molecule has 25 heavy (non-hydrogen) atoms. The van der Waals surface area contributed by atoms with Crippen molar-refractivity contribution in [2.24, 2.45) is 0 Å². The molecule has 1 aliphatic heterocycles. The van der Waals surface area contributed by atoms with E-state index >= 15 is 0 Å². The van der Waals surface area contributed by atoms with Gasteiger partial charge in [0.1, 0.15) is 6.04 Å². The van der Waals surface area contributed by atoms with Crippen molar-refractivity contribution in [3.63, 3.8) is 0 Å². The van der Waals surface area contributed by atoms with Gasteiger partial charge in [-0.1, -0.05) is 12.1 Å². The third-order valence-corrected chi connectivity index (χ3v) is 4.25. The number of benzene rings is 1. The second-order valence-electron chi connectivity index (χ2n) is 4.79. The second kappa shape index (κ2) is 7.13. The molecule has 1 aromatic rings. The summed E-state index contributed by atoms with van der Waals surface area (Å²) in [5.41, 5.74) is 0.294. The first kappa shape index (κ1) is 18.8. The summed E-state index contributed by atoms with van der Waals surface area (Å²) in [6, 6.07) is 4.28. The van der Waals surface area contributed by atoms with Crippen LogP contribution < -0.4 is 5.32 Å². The Morgan fingerprint density at radius 2 is 1.72 bits per heavy atom. The SMILES string of the molecule is COC(=O)[C@H](CSN1C(=O)c2ccccc2C1=O)NC(=O)C(F)(F)F. The fraction of sp³-hybridized carbons (Fsp3) is 0.286. The molecule has 7 nitrogen and oxygen atoms in total. The van der Waals surface area contributed by atoms with Gasteiger partial charge in [-0.2, -0.15) is 13.2 Å². The van der Waals surface area contributed by atoms with E-state index in [1.54, 1.807) is 12.1 Å². The number of carbonyl (C=O) groups excluding carboxylic acids is 4. The van der Waals surface area contributed by atoms with Crippen LogP contribution in [0, 0.1) is 0 Å². The number of hydrogen-bond acceptors (Lipinski definition) is 6. The highest BCUT2D eigenvalue weighted by Crippen LogP contribution is 2.28. The minimum atomic E-state index is -5.19. The molecule has 134 valence electrons. The van der Waals surface area contributed by atoms with Crippen LogP contribution in [0.15, 0.2) is 24.3 Å². The molecular formula is C14H11F3N2O5S. The van der Waals surface area contributed by atoms with Gasteiger partial charge in [0.15, 0.2) is 0 Å². The number of rotatable bonds is 5. The molecule has 1 atom stereocenters. The third-order valence-electron chi connectivity index (χ3n) is 3.18. The zero-order chi connectivity index (χ0) is 18.8. The van der Waals surface area contributed by atoms with Crippen LogP contribution in [0.2, 0.25) is 0 Å². The van der Waals surface area contributed by atoms with Gasteiger partial charge in [0.05, 0.1) is 18.2 Å². The summed E-state index contributed by atoms with van der Waals surface area (Å²) in [6.07, 6.45) is -5.19. The van der Waals surface area contributed by atoms with E-state index in [0.717, 1.165) is 11.4 Å². The van der Waals surface area contributed by atoms with Crippen LogP contribution in [0.1, 0.15) is 20.7 Å². The van der Waals surface area contributed by atoms with E-state index in [2.05, 4.69) is 4.74 Å². The molecule has 0 spiro atoms. The standard InChI is InChI=1S/C14H11F3N2O5S/c1-24-12(22)9(18-13(23)14(15,16)17)6-25-19-10(20)7-4-2-3-5-8(7)11(19)21/h2-5,9H,6H2,1H3,(H,18,23)/t9-/m0/s1. The fourth-order valence-electron chi connectivity index (χ4n) is 1.98. The summed E-state index contributed by atoms with van der Waals surface area (Å²) in [4.78, 5) is 46.8. The van der Waals surface area contributed by atoms with Crippen LogP contribution in [0.25, 0.3) is 0 Å². The number of hydrogen-bond donors (Lipinski definition) is 1. The third kappa shape index (κ3) is 3.92. The van der Waals surface area contributed by atoms with Crippen molar-refractivity contribution in [1.29, 1.82) is 0 Å². The van der Waals surface area contributed by atoms with Crippen molar-refractivity contribution in [3.05, 3.63) is 35.4 Å². The Bertz CT molecular complexity index is 702. The summed E-state index contributed by atoms with van der Waals surface area (Å²) >= 11 is 0.513. The average Bonchev–Trinajstić information content (AvgIpc) is 2.81. The normalized spacial score (nSPS) is 15.0. The van der Waals surface area contributed by atoms with Gasteiger partial charge in [0.2, 0.25) is 0 Å². The summed E-state index contributed by atoms with van der Waals surface area (Å²) in [5, 5.41) is 1.47. The quantitative estimate of drug-likeness (QED) is 0.471. The summed E-state index contributed by atoms with van der Waals surface area (Å²) in [7, 11) is 0.932. The Balaban J connectivity index is 2.09. The lowest BCUT2D eigenvalue weighted by Crippen LogP contribution is -2.49. The lowest BCUT2D eigenvalue weighted by Gasteiger charge is -2.19. The van der Waals surface area contributed by atoms with E-state index in [4.69, 9.17) is 0 Å². The zero-order valence-electron chi connectivity index (χ0n) is 12.6. The molecule has 0 unspecified atom stereocenters. The summed E-state index contributed by atoms with van der Waals surface area (Å²) in [6.45, 7) is 0. The lowest BCUT2D eigenvalue weighted by atomic mass is 10.1. The zero-order valence-corrected chi connectivity index (χ0v) is 13.4. The smallest absolute Gasteiger partial charge is 0.467 e. The maximum Gasteiger partial charge on any atom is 0.471 e. The highest BCUT2D eigenvalue weighted by molar-refractivity contribution is 7.98. The van der Waals surface area contributed by atoms with Gasteiger partial charge >= 0.3 is 18.1 Å². The van der Waals surface area contributed by atoms with Crippen molar-refractivity contribution in [2.45, 2.75) is 12.2 Å². The summed E-state index contributed by atoms with van der Waals surface area (Å²) < 4.78 is 42.1. The number of nitrogens with one attached hydrogen (secondary N) is 1. The van der Waals surface area contributed by atoms with E-state index in [1.807, 2.05) is 0 Å². The van der Waals surface area contributed by atoms with Gasteiger partial charge < -0.3 is 10.1 Å². The van der Waals surface area contributed by atoms with Crippen LogP contribution in [-0.2, 0) is 14.3 Å². The maximum atomic E-state index is 12.3. The van der Waals surface area contributed by atoms with E-state index in [0.29, 0.717) is 11.9 Å². The molecule has 0 saturated carbocycles. The molecule has 0 bridgehead atoms. The molecule has 0 aromatic heterocycles. The molecule has 1 heterocycles. The van der Waals surface area contributed by atoms with E-state index in [-0.39, 0.29) is 11.1 Å². The van der Waals surface area contributed by atoms with Crippen LogP contribution in [-0.4, -0.2) is 53.1 Å². The number of amides is 3. The molecule has 1 aliphatic rings. The van der Waals surface area contributed by atoms with Crippen LogP contribution in [0.3, 0.4) is 0 Å². The van der Waals surface area contributed by atoms with E-state index in [9.17, 15) is 32.3 Å². The van der Waals surface area contributed by atoms with Crippen molar-refractivity contribution in [3.8, 4) is 0 Å². The Morgan fingerprint density at radius 3 is 2.16 bits per heavy atom. The Hall–Kier alpha value is -2.56. The highest BCUT2D eigenvalue weighted by Gasteiger charge is 2.42. The number of fused-ring (bicyclic) bond motifs is 1. The Labute approximate surface area is 143 Å². The predicted octanol–water partition coefficient (Wildman–Crippen LogP) is 1.15. The maximum absolute atomic E-state index is 12.3. The van der Waals surface area contributed by atoms with Gasteiger partial charge in [0.25, 0.3) is 11.8 Å². The molecule has 0 radical (unpaired) electrons. The van der Waals surface area contributed by atoms with Crippen molar-refractivity contribution in [2.75, 3.05) is 12.9 Å². The number of imide groups is 1. The van der Waals surface area contributed by atoms with Crippen LogP contribution in [0.4, 0.5) is 13.2 Å². The molecular weight excluding hydrogens is 365 g/mol. The average molecular weight is 376 g/mol. The van der Waals surface area contributed by atoms with Crippen LogP contribution >= 0.6 is 11.9 Å². The second-order valence-corrected chi connectivity index (χ2v) is 5.75. The lowest BCUT2D eigenvalue weighted by molar-refractivity contribution is -0.175. The first-order valence-electron chi connectivity index (χ1n) is 6.73. The highest BCUT2D eigenvalue weighted by atomic mass is 32.2. The predicted molar refractivity (Wildman–Crippen MR) is 79.4 cm³/mol. The number of halogens is 3. The Kier molecular flexibility index (Phi) is 5.36. The number of esters is 1. The Morgan fingerprint density at radius 1 is 1.20 bits per heavy atom. The molecule has 3 amide bonds. The van der Waals surface area contributed by atoms with Crippen LogP contribution in [0.5, 0.6) is 0 Å². The number of carbonyl (C=O) groups is 4. The van der Waals surface area contributed by atoms with Gasteiger partial charge in [-0.3, -0.25) is 14.4 Å².